The van der Waals surface area contributed by atoms with Gasteiger partial charge in [-0.05, 0) is 31.6 Å². The molecule has 0 saturated carbocycles. The first-order chi connectivity index (χ1) is 9.99. The molecule has 0 aliphatic heterocycles. The van der Waals surface area contributed by atoms with Crippen molar-refractivity contribution in [1.82, 2.24) is 0 Å². The van der Waals surface area contributed by atoms with E-state index < -0.39 is 0 Å². The molecule has 0 fully saturated rings. The van der Waals surface area contributed by atoms with E-state index in [0.717, 1.165) is 37.9 Å². The summed E-state index contributed by atoms with van der Waals surface area (Å²) in [4.78, 5) is 33.2. The molecule has 0 unspecified atom stereocenters. The van der Waals surface area contributed by atoms with Gasteiger partial charge in [0.2, 0.25) is 0 Å². The largest absolute Gasteiger partial charge is 0.469 e. The third-order valence-electron chi connectivity index (χ3n) is 3.21. The van der Waals surface area contributed by atoms with Crippen molar-refractivity contribution >= 4 is 28.8 Å². The Morgan fingerprint density at radius 2 is 1.43 bits per heavy atom. The van der Waals surface area contributed by atoms with E-state index in [4.69, 9.17) is 0 Å². The molecular formula is C15H26O5S. The van der Waals surface area contributed by atoms with Gasteiger partial charge in [0.15, 0.2) is 5.12 Å². The van der Waals surface area contributed by atoms with Crippen molar-refractivity contribution in [2.24, 2.45) is 5.92 Å². The van der Waals surface area contributed by atoms with Gasteiger partial charge in [-0.2, -0.15) is 0 Å². The minimum atomic E-state index is -0.196. The second-order valence-electron chi connectivity index (χ2n) is 4.96. The van der Waals surface area contributed by atoms with Crippen molar-refractivity contribution < 1.29 is 23.9 Å². The second kappa shape index (κ2) is 12.7. The van der Waals surface area contributed by atoms with Crippen LogP contribution in [0.3, 0.4) is 0 Å². The Hall–Kier alpha value is -1.04. The van der Waals surface area contributed by atoms with Gasteiger partial charge in [0.25, 0.3) is 0 Å². The van der Waals surface area contributed by atoms with Crippen molar-refractivity contribution in [3.05, 3.63) is 0 Å². The maximum Gasteiger partial charge on any atom is 0.305 e. The van der Waals surface area contributed by atoms with Gasteiger partial charge in [-0.3, -0.25) is 14.4 Å². The number of carbonyl (C=O) groups excluding carboxylic acids is 3. The van der Waals surface area contributed by atoms with Gasteiger partial charge in [-0.25, -0.2) is 0 Å². The lowest BCUT2D eigenvalue weighted by molar-refractivity contribution is -0.141. The Kier molecular flexibility index (Phi) is 12.1. The maximum absolute atomic E-state index is 11.1. The van der Waals surface area contributed by atoms with Crippen molar-refractivity contribution in [3.63, 3.8) is 0 Å². The molecule has 0 heterocycles. The molecule has 0 aliphatic carbocycles. The van der Waals surface area contributed by atoms with Crippen LogP contribution in [0, 0.1) is 5.92 Å². The lowest BCUT2D eigenvalue weighted by atomic mass is 9.97. The summed E-state index contributed by atoms with van der Waals surface area (Å²) in [6.07, 6.45) is 5.20. The van der Waals surface area contributed by atoms with Crippen molar-refractivity contribution in [1.29, 1.82) is 0 Å². The molecule has 1 atom stereocenters. The van der Waals surface area contributed by atoms with Gasteiger partial charge in [0, 0.05) is 25.5 Å². The molecule has 0 N–H and O–H groups in total. The Labute approximate surface area is 131 Å². The summed E-state index contributed by atoms with van der Waals surface area (Å²) in [7, 11) is 2.78. The minimum Gasteiger partial charge on any atom is -0.469 e. The Bertz CT molecular complexity index is 330. The number of ether oxygens (including phenoxy) is 2. The lowest BCUT2D eigenvalue weighted by Gasteiger charge is -2.15. The molecule has 0 saturated heterocycles. The fourth-order valence-corrected chi connectivity index (χ4v) is 2.79. The fraction of sp³-hybridized carbons (Fsp3) is 0.800. The maximum atomic E-state index is 11.1. The molecule has 0 aromatic carbocycles. The first-order valence-electron chi connectivity index (χ1n) is 7.26. The highest BCUT2D eigenvalue weighted by Crippen LogP contribution is 2.22. The topological polar surface area (TPSA) is 69.7 Å². The highest BCUT2D eigenvalue weighted by Gasteiger charge is 2.12. The van der Waals surface area contributed by atoms with Crippen LogP contribution in [0.1, 0.15) is 51.9 Å². The molecule has 0 aromatic heterocycles. The summed E-state index contributed by atoms with van der Waals surface area (Å²) in [6, 6.07) is 0. The third-order valence-corrected chi connectivity index (χ3v) is 4.26. The number of methoxy groups -OCH3 is 2. The van der Waals surface area contributed by atoms with Crippen LogP contribution in [0.4, 0.5) is 0 Å². The summed E-state index contributed by atoms with van der Waals surface area (Å²) < 4.78 is 9.22. The molecular weight excluding hydrogens is 292 g/mol. The smallest absolute Gasteiger partial charge is 0.305 e. The Morgan fingerprint density at radius 1 is 0.905 bits per heavy atom. The molecule has 6 heteroatoms. The predicted molar refractivity (Wildman–Crippen MR) is 83.0 cm³/mol. The van der Waals surface area contributed by atoms with E-state index in [9.17, 15) is 14.4 Å². The van der Waals surface area contributed by atoms with E-state index in [1.165, 1.54) is 26.0 Å². The van der Waals surface area contributed by atoms with Crippen molar-refractivity contribution in [3.8, 4) is 0 Å². The van der Waals surface area contributed by atoms with E-state index in [1.807, 2.05) is 0 Å². The molecule has 0 rings (SSSR count). The van der Waals surface area contributed by atoms with Gasteiger partial charge < -0.3 is 9.47 Å². The molecule has 0 amide bonds. The van der Waals surface area contributed by atoms with Crippen LogP contribution in [0.15, 0.2) is 0 Å². The SMILES string of the molecule is COC(=O)CCCC[C@H](CCCC(=O)OC)CSC(C)=O. The monoisotopic (exact) mass is 318 g/mol. The quantitative estimate of drug-likeness (QED) is 0.431. The number of hydrogen-bond donors (Lipinski definition) is 0. The Morgan fingerprint density at radius 3 is 1.95 bits per heavy atom. The van der Waals surface area contributed by atoms with Crippen molar-refractivity contribution in [2.45, 2.75) is 51.9 Å². The van der Waals surface area contributed by atoms with E-state index in [1.54, 1.807) is 6.92 Å². The first-order valence-corrected chi connectivity index (χ1v) is 8.25. The second-order valence-corrected chi connectivity index (χ2v) is 6.16. The van der Waals surface area contributed by atoms with Crippen LogP contribution in [0.2, 0.25) is 0 Å². The zero-order chi connectivity index (χ0) is 16.1. The van der Waals surface area contributed by atoms with Gasteiger partial charge in [-0.1, -0.05) is 18.2 Å². The van der Waals surface area contributed by atoms with Crippen LogP contribution in [0.25, 0.3) is 0 Å². The number of carbonyl (C=O) groups is 3. The summed E-state index contributed by atoms with van der Waals surface area (Å²) in [5.74, 6) is 0.782. The van der Waals surface area contributed by atoms with E-state index in [0.29, 0.717) is 18.8 Å². The summed E-state index contributed by atoms with van der Waals surface area (Å²) in [5.41, 5.74) is 0. The normalized spacial score (nSPS) is 11.8. The van der Waals surface area contributed by atoms with Gasteiger partial charge in [-0.15, -0.1) is 0 Å². The molecule has 0 spiro atoms. The zero-order valence-corrected chi connectivity index (χ0v) is 14.0. The lowest BCUT2D eigenvalue weighted by Crippen LogP contribution is -2.08. The average molecular weight is 318 g/mol. The summed E-state index contributed by atoms with van der Waals surface area (Å²) in [5, 5.41) is 0.113. The molecule has 122 valence electrons. The van der Waals surface area contributed by atoms with Crippen LogP contribution < -0.4 is 0 Å². The van der Waals surface area contributed by atoms with Gasteiger partial charge in [0.05, 0.1) is 14.2 Å². The van der Waals surface area contributed by atoms with Crippen LogP contribution >= 0.6 is 11.8 Å². The fourth-order valence-electron chi connectivity index (χ4n) is 1.99. The molecule has 0 aliphatic rings. The molecule has 0 bridgehead atoms. The predicted octanol–water partition coefficient (Wildman–Crippen LogP) is 2.96. The van der Waals surface area contributed by atoms with Crippen LogP contribution in [0.5, 0.6) is 0 Å². The number of thioether (sulfide) groups is 1. The number of esters is 2. The number of rotatable bonds is 11. The molecule has 0 radical (unpaired) electrons. The highest BCUT2D eigenvalue weighted by atomic mass is 32.2. The number of unbranched alkanes of at least 4 members (excludes halogenated alkanes) is 1. The third kappa shape index (κ3) is 12.4. The van der Waals surface area contributed by atoms with Gasteiger partial charge >= 0.3 is 11.9 Å². The van der Waals surface area contributed by atoms with E-state index >= 15 is 0 Å². The summed E-state index contributed by atoms with van der Waals surface area (Å²) >= 11 is 1.33. The van der Waals surface area contributed by atoms with Crippen LogP contribution in [-0.4, -0.2) is 37.0 Å². The van der Waals surface area contributed by atoms with Crippen LogP contribution in [-0.2, 0) is 23.9 Å². The van der Waals surface area contributed by atoms with Crippen molar-refractivity contribution in [2.75, 3.05) is 20.0 Å². The first kappa shape index (κ1) is 20.0. The van der Waals surface area contributed by atoms with E-state index in [-0.39, 0.29) is 17.1 Å². The van der Waals surface area contributed by atoms with Gasteiger partial charge in [0.1, 0.15) is 0 Å². The number of hydrogen-bond acceptors (Lipinski definition) is 6. The molecule has 0 aromatic rings. The average Bonchev–Trinajstić information content (AvgIpc) is 2.47. The minimum absolute atomic E-state index is 0.113. The standard InChI is InChI=1S/C15H26O5S/c1-12(16)21-11-13(8-6-10-15(18)20-3)7-4-5-9-14(17)19-2/h13H,4-11H2,1-3H3/t13-/m1/s1. The highest BCUT2D eigenvalue weighted by molar-refractivity contribution is 8.13. The Balaban J connectivity index is 3.98. The zero-order valence-electron chi connectivity index (χ0n) is 13.2. The molecule has 21 heavy (non-hydrogen) atoms. The van der Waals surface area contributed by atoms with E-state index in [2.05, 4.69) is 9.47 Å². The summed E-state index contributed by atoms with van der Waals surface area (Å²) in [6.45, 7) is 1.56. The molecule has 5 nitrogen and oxygen atoms in total.